The van der Waals surface area contributed by atoms with Gasteiger partial charge in [0.1, 0.15) is 0 Å². The van der Waals surface area contributed by atoms with Crippen LogP contribution in [0.3, 0.4) is 0 Å². The van der Waals surface area contributed by atoms with Gasteiger partial charge in [-0.2, -0.15) is 0 Å². The number of morpholine rings is 1. The van der Waals surface area contributed by atoms with E-state index in [1.54, 1.807) is 0 Å². The van der Waals surface area contributed by atoms with Crippen LogP contribution in [0.15, 0.2) is 4.99 Å². The maximum atomic E-state index is 12.7. The Kier molecular flexibility index (Phi) is 5.57. The summed E-state index contributed by atoms with van der Waals surface area (Å²) in [6.07, 6.45) is -1.06. The summed E-state index contributed by atoms with van der Waals surface area (Å²) in [7, 11) is 0. The lowest BCUT2D eigenvalue weighted by Gasteiger charge is -2.32. The van der Waals surface area contributed by atoms with E-state index in [4.69, 9.17) is 10.5 Å². The molecular weight excluding hydrogens is 355 g/mol. The number of ether oxygens (including phenoxy) is 1. The topological polar surface area (TPSA) is 50.8 Å². The Labute approximate surface area is 123 Å². The first kappa shape index (κ1) is 15.9. The number of nitrogens with two attached hydrogens (primary N) is 1. The fourth-order valence-corrected chi connectivity index (χ4v) is 1.97. The number of halogens is 3. The molecule has 1 atom stereocenters. The predicted octanol–water partition coefficient (Wildman–Crippen LogP) is 1.69. The molecule has 1 saturated carbocycles. The largest absolute Gasteiger partial charge is 0.375 e. The van der Waals surface area contributed by atoms with E-state index in [-0.39, 0.29) is 36.6 Å². The average molecular weight is 375 g/mol. The molecule has 0 radical (unpaired) electrons. The molecule has 1 saturated heterocycles. The molecule has 2 rings (SSSR count). The average Bonchev–Trinajstić information content (AvgIpc) is 3.07. The van der Waals surface area contributed by atoms with Crippen LogP contribution in [0.25, 0.3) is 0 Å². The van der Waals surface area contributed by atoms with Gasteiger partial charge in [-0.1, -0.05) is 0 Å². The van der Waals surface area contributed by atoms with Crippen molar-refractivity contribution in [1.82, 2.24) is 4.90 Å². The van der Waals surface area contributed by atoms with E-state index in [0.29, 0.717) is 38.5 Å². The Morgan fingerprint density at radius 2 is 2.22 bits per heavy atom. The third kappa shape index (κ3) is 3.66. The first-order valence-electron chi connectivity index (χ1n) is 5.98. The van der Waals surface area contributed by atoms with Gasteiger partial charge < -0.3 is 15.4 Å². The van der Waals surface area contributed by atoms with Gasteiger partial charge in [-0.25, -0.2) is 8.78 Å². The van der Waals surface area contributed by atoms with Gasteiger partial charge in [0, 0.05) is 13.1 Å². The molecular formula is C11H20F2IN3O. The molecule has 2 fully saturated rings. The number of guanidine groups is 1. The quantitative estimate of drug-likeness (QED) is 0.464. The first-order valence-corrected chi connectivity index (χ1v) is 5.98. The molecule has 0 aromatic carbocycles. The zero-order chi connectivity index (χ0) is 12.5. The van der Waals surface area contributed by atoms with Gasteiger partial charge in [0.2, 0.25) is 6.43 Å². The fourth-order valence-electron chi connectivity index (χ4n) is 1.97. The van der Waals surface area contributed by atoms with Crippen molar-refractivity contribution < 1.29 is 13.5 Å². The molecule has 1 aliphatic heterocycles. The lowest BCUT2D eigenvalue weighted by molar-refractivity contribution is 0.00509. The Bertz CT molecular complexity index is 311. The smallest absolute Gasteiger partial charge is 0.245 e. The molecule has 18 heavy (non-hydrogen) atoms. The van der Waals surface area contributed by atoms with Crippen LogP contribution in [-0.2, 0) is 4.74 Å². The molecule has 0 aromatic heterocycles. The minimum atomic E-state index is -2.29. The van der Waals surface area contributed by atoms with Crippen LogP contribution >= 0.6 is 24.0 Å². The van der Waals surface area contributed by atoms with Crippen LogP contribution in [0.5, 0.6) is 0 Å². The molecule has 1 heterocycles. The van der Waals surface area contributed by atoms with Crippen molar-refractivity contribution in [2.24, 2.45) is 16.1 Å². The number of hydrogen-bond donors (Lipinski definition) is 1. The zero-order valence-corrected chi connectivity index (χ0v) is 12.8. The molecule has 1 aliphatic carbocycles. The van der Waals surface area contributed by atoms with Gasteiger partial charge in [0.25, 0.3) is 0 Å². The van der Waals surface area contributed by atoms with E-state index in [1.165, 1.54) is 0 Å². The van der Waals surface area contributed by atoms with Crippen molar-refractivity contribution in [3.8, 4) is 0 Å². The lowest BCUT2D eigenvalue weighted by atomic mass is 10.1. The molecule has 106 valence electrons. The van der Waals surface area contributed by atoms with E-state index in [0.717, 1.165) is 0 Å². The number of rotatable bonds is 3. The molecule has 0 aromatic rings. The van der Waals surface area contributed by atoms with Gasteiger partial charge in [-0.15, -0.1) is 24.0 Å². The molecule has 2 aliphatic rings. The molecule has 2 N–H and O–H groups in total. The van der Waals surface area contributed by atoms with Crippen molar-refractivity contribution in [1.29, 1.82) is 0 Å². The summed E-state index contributed by atoms with van der Waals surface area (Å²) >= 11 is 0. The van der Waals surface area contributed by atoms with E-state index >= 15 is 0 Å². The Hall–Kier alpha value is -0.180. The number of hydrogen-bond acceptors (Lipinski definition) is 2. The van der Waals surface area contributed by atoms with E-state index in [1.807, 2.05) is 11.8 Å². The highest BCUT2D eigenvalue weighted by Crippen LogP contribution is 2.50. The van der Waals surface area contributed by atoms with Crippen molar-refractivity contribution >= 4 is 29.9 Å². The molecule has 0 amide bonds. The number of nitrogens with zero attached hydrogens (tertiary/aromatic N) is 2. The third-order valence-electron chi connectivity index (χ3n) is 3.48. The zero-order valence-electron chi connectivity index (χ0n) is 10.4. The van der Waals surface area contributed by atoms with E-state index in [2.05, 4.69) is 4.99 Å². The fraction of sp³-hybridized carbons (Fsp3) is 0.909. The van der Waals surface area contributed by atoms with Gasteiger partial charge in [0.15, 0.2) is 5.96 Å². The minimum absolute atomic E-state index is 0. The summed E-state index contributed by atoms with van der Waals surface area (Å²) in [6.45, 7) is 4.07. The SMILES string of the molecule is CC1CN(C(N)=NCC2(C(F)F)CC2)CCO1.I. The van der Waals surface area contributed by atoms with Crippen LogP contribution in [0.2, 0.25) is 0 Å². The summed E-state index contributed by atoms with van der Waals surface area (Å²) in [6, 6.07) is 0. The van der Waals surface area contributed by atoms with Crippen molar-refractivity contribution in [2.45, 2.75) is 32.3 Å². The summed E-state index contributed by atoms with van der Waals surface area (Å²) in [5.41, 5.74) is 4.93. The summed E-state index contributed by atoms with van der Waals surface area (Å²) in [5, 5.41) is 0. The second-order valence-electron chi connectivity index (χ2n) is 4.96. The van der Waals surface area contributed by atoms with Gasteiger partial charge in [-0.05, 0) is 19.8 Å². The number of alkyl halides is 2. The molecule has 7 heteroatoms. The predicted molar refractivity (Wildman–Crippen MR) is 76.6 cm³/mol. The molecule has 0 spiro atoms. The van der Waals surface area contributed by atoms with Gasteiger partial charge >= 0.3 is 0 Å². The van der Waals surface area contributed by atoms with Crippen LogP contribution in [0, 0.1) is 5.41 Å². The maximum Gasteiger partial charge on any atom is 0.245 e. The maximum absolute atomic E-state index is 12.7. The Morgan fingerprint density at radius 1 is 1.56 bits per heavy atom. The number of aliphatic imine (C=N–C) groups is 1. The highest BCUT2D eigenvalue weighted by molar-refractivity contribution is 14.0. The Morgan fingerprint density at radius 3 is 2.72 bits per heavy atom. The molecule has 4 nitrogen and oxygen atoms in total. The normalized spacial score (nSPS) is 27.0. The molecule has 0 bridgehead atoms. The highest BCUT2D eigenvalue weighted by atomic mass is 127. The van der Waals surface area contributed by atoms with Gasteiger partial charge in [0.05, 0.1) is 24.7 Å². The lowest BCUT2D eigenvalue weighted by Crippen LogP contribution is -2.48. The van der Waals surface area contributed by atoms with Gasteiger partial charge in [-0.3, -0.25) is 4.99 Å². The van der Waals surface area contributed by atoms with Crippen LogP contribution in [-0.4, -0.2) is 49.6 Å². The molecule has 1 unspecified atom stereocenters. The third-order valence-corrected chi connectivity index (χ3v) is 3.48. The van der Waals surface area contributed by atoms with Crippen LogP contribution in [0.4, 0.5) is 8.78 Å². The summed E-state index contributed by atoms with van der Waals surface area (Å²) in [5.74, 6) is 0.368. The minimum Gasteiger partial charge on any atom is -0.375 e. The standard InChI is InChI=1S/C11H19F2N3O.HI/c1-8-6-16(4-5-17-8)10(14)15-7-11(2-3-11)9(12)13;/h8-9H,2-7H2,1H3,(H2,14,15);1H. The summed E-state index contributed by atoms with van der Waals surface area (Å²) < 4.78 is 30.8. The van der Waals surface area contributed by atoms with Crippen LogP contribution in [0.1, 0.15) is 19.8 Å². The highest BCUT2D eigenvalue weighted by Gasteiger charge is 2.51. The van der Waals surface area contributed by atoms with Crippen molar-refractivity contribution in [2.75, 3.05) is 26.2 Å². The Balaban J connectivity index is 0.00000162. The monoisotopic (exact) mass is 375 g/mol. The van der Waals surface area contributed by atoms with Crippen LogP contribution < -0.4 is 5.73 Å². The first-order chi connectivity index (χ1) is 8.03. The van der Waals surface area contributed by atoms with E-state index < -0.39 is 11.8 Å². The summed E-state index contributed by atoms with van der Waals surface area (Å²) in [4.78, 5) is 6.02. The second kappa shape index (κ2) is 6.31. The van der Waals surface area contributed by atoms with E-state index in [9.17, 15) is 8.78 Å². The van der Waals surface area contributed by atoms with Crippen molar-refractivity contribution in [3.63, 3.8) is 0 Å². The second-order valence-corrected chi connectivity index (χ2v) is 4.96. The van der Waals surface area contributed by atoms with Crippen molar-refractivity contribution in [3.05, 3.63) is 0 Å².